The number of ether oxygens (including phenoxy) is 1. The van der Waals surface area contributed by atoms with Crippen molar-refractivity contribution >= 4 is 11.6 Å². The fraction of sp³-hybridized carbons (Fsp3) is 0.600. The smallest absolute Gasteiger partial charge is 0.122 e. The zero-order valence-corrected chi connectivity index (χ0v) is 12.0. The molecule has 1 N–H and O–H groups in total. The maximum absolute atomic E-state index is 6.09. The van der Waals surface area contributed by atoms with Gasteiger partial charge in [-0.2, -0.15) is 0 Å². The van der Waals surface area contributed by atoms with Gasteiger partial charge in [0.2, 0.25) is 0 Å². The molecule has 0 amide bonds. The normalized spacial score (nSPS) is 23.3. The molecule has 2 unspecified atom stereocenters. The van der Waals surface area contributed by atoms with Gasteiger partial charge in [-0.25, -0.2) is 0 Å². The van der Waals surface area contributed by atoms with E-state index in [1.807, 2.05) is 19.2 Å². The lowest BCUT2D eigenvalue weighted by Gasteiger charge is -2.20. The van der Waals surface area contributed by atoms with Crippen LogP contribution in [0, 0.1) is 11.8 Å². The van der Waals surface area contributed by atoms with Gasteiger partial charge in [0, 0.05) is 5.02 Å². The van der Waals surface area contributed by atoms with Gasteiger partial charge < -0.3 is 10.1 Å². The van der Waals surface area contributed by atoms with Crippen molar-refractivity contribution in [2.45, 2.75) is 25.7 Å². The Kier molecular flexibility index (Phi) is 4.90. The van der Waals surface area contributed by atoms with Gasteiger partial charge in [-0.05, 0) is 68.5 Å². The molecule has 0 heterocycles. The molecule has 100 valence electrons. The average Bonchev–Trinajstić information content (AvgIpc) is 2.78. The molecule has 1 saturated carbocycles. The van der Waals surface area contributed by atoms with Crippen molar-refractivity contribution < 1.29 is 4.74 Å². The van der Waals surface area contributed by atoms with Gasteiger partial charge in [-0.3, -0.25) is 0 Å². The minimum atomic E-state index is 0.754. The molecule has 1 fully saturated rings. The molecule has 2 rings (SSSR count). The van der Waals surface area contributed by atoms with Crippen molar-refractivity contribution in [1.82, 2.24) is 5.32 Å². The summed E-state index contributed by atoms with van der Waals surface area (Å²) in [5.41, 5.74) is 1.25. The molecule has 2 atom stereocenters. The topological polar surface area (TPSA) is 21.3 Å². The minimum absolute atomic E-state index is 0.754. The van der Waals surface area contributed by atoms with E-state index in [0.29, 0.717) is 0 Å². The monoisotopic (exact) mass is 267 g/mol. The van der Waals surface area contributed by atoms with E-state index < -0.39 is 0 Å². The summed E-state index contributed by atoms with van der Waals surface area (Å²) in [5, 5.41) is 4.11. The van der Waals surface area contributed by atoms with Gasteiger partial charge in [0.15, 0.2) is 0 Å². The zero-order chi connectivity index (χ0) is 13.0. The molecule has 18 heavy (non-hydrogen) atoms. The van der Waals surface area contributed by atoms with Crippen LogP contribution < -0.4 is 10.1 Å². The Morgan fingerprint density at radius 3 is 2.83 bits per heavy atom. The number of hydrogen-bond donors (Lipinski definition) is 1. The predicted octanol–water partition coefficient (Wildman–Crippen LogP) is 3.53. The van der Waals surface area contributed by atoms with Gasteiger partial charge in [0.1, 0.15) is 5.75 Å². The maximum atomic E-state index is 6.09. The van der Waals surface area contributed by atoms with E-state index >= 15 is 0 Å². The Hall–Kier alpha value is -0.730. The second kappa shape index (κ2) is 6.44. The quantitative estimate of drug-likeness (QED) is 0.881. The van der Waals surface area contributed by atoms with Crippen LogP contribution in [0.25, 0.3) is 0 Å². The molecule has 1 aliphatic rings. The summed E-state index contributed by atoms with van der Waals surface area (Å²) < 4.78 is 5.43. The second-order valence-corrected chi connectivity index (χ2v) is 5.61. The number of hydrogen-bond acceptors (Lipinski definition) is 2. The van der Waals surface area contributed by atoms with E-state index in [4.69, 9.17) is 16.3 Å². The molecular weight excluding hydrogens is 246 g/mol. The third-order valence-electron chi connectivity index (χ3n) is 4.01. The lowest BCUT2D eigenvalue weighted by atomic mass is 9.89. The van der Waals surface area contributed by atoms with Gasteiger partial charge in [0.05, 0.1) is 7.11 Å². The minimum Gasteiger partial charge on any atom is -0.496 e. The number of halogens is 1. The molecule has 0 saturated heterocycles. The Morgan fingerprint density at radius 1 is 1.33 bits per heavy atom. The fourth-order valence-electron chi connectivity index (χ4n) is 3.10. The molecule has 0 aromatic heterocycles. The van der Waals surface area contributed by atoms with E-state index in [-0.39, 0.29) is 0 Å². The van der Waals surface area contributed by atoms with Crippen molar-refractivity contribution in [3.05, 3.63) is 28.8 Å². The molecule has 0 spiro atoms. The third kappa shape index (κ3) is 3.18. The molecule has 2 nitrogen and oxygen atoms in total. The van der Waals surface area contributed by atoms with Gasteiger partial charge >= 0.3 is 0 Å². The average molecular weight is 268 g/mol. The second-order valence-electron chi connectivity index (χ2n) is 5.17. The molecule has 1 aliphatic carbocycles. The molecule has 1 aromatic rings. The molecule has 3 heteroatoms. The van der Waals surface area contributed by atoms with Crippen LogP contribution in [-0.4, -0.2) is 20.7 Å². The number of nitrogens with one attached hydrogen (secondary N) is 1. The lowest BCUT2D eigenvalue weighted by Crippen LogP contribution is -2.23. The molecule has 0 bridgehead atoms. The molecule has 0 radical (unpaired) electrons. The lowest BCUT2D eigenvalue weighted by molar-refractivity contribution is 0.362. The Balaban J connectivity index is 2.10. The van der Waals surface area contributed by atoms with Crippen molar-refractivity contribution in [2.24, 2.45) is 11.8 Å². The highest BCUT2D eigenvalue weighted by molar-refractivity contribution is 6.30. The number of rotatable bonds is 5. The summed E-state index contributed by atoms with van der Waals surface area (Å²) in [6.07, 6.45) is 5.09. The van der Waals surface area contributed by atoms with Crippen molar-refractivity contribution in [2.75, 3.05) is 20.7 Å². The van der Waals surface area contributed by atoms with Crippen molar-refractivity contribution in [1.29, 1.82) is 0 Å². The highest BCUT2D eigenvalue weighted by Gasteiger charge is 2.27. The van der Waals surface area contributed by atoms with Crippen LogP contribution in [0.15, 0.2) is 18.2 Å². The van der Waals surface area contributed by atoms with E-state index in [1.165, 1.54) is 24.8 Å². The summed E-state index contributed by atoms with van der Waals surface area (Å²) in [6.45, 7) is 1.12. The molecular formula is C15H22ClNO. The summed E-state index contributed by atoms with van der Waals surface area (Å²) in [4.78, 5) is 0. The first-order valence-electron chi connectivity index (χ1n) is 6.71. The van der Waals surface area contributed by atoms with Gasteiger partial charge in [-0.15, -0.1) is 0 Å². The first-order chi connectivity index (χ1) is 8.74. The zero-order valence-electron chi connectivity index (χ0n) is 11.2. The van der Waals surface area contributed by atoms with Gasteiger partial charge in [0.25, 0.3) is 0 Å². The third-order valence-corrected chi connectivity index (χ3v) is 4.24. The summed E-state index contributed by atoms with van der Waals surface area (Å²) in [7, 11) is 3.77. The van der Waals surface area contributed by atoms with Crippen LogP contribution in [-0.2, 0) is 6.42 Å². The van der Waals surface area contributed by atoms with E-state index in [1.54, 1.807) is 7.11 Å². The number of benzene rings is 1. The fourth-order valence-corrected chi connectivity index (χ4v) is 3.30. The maximum Gasteiger partial charge on any atom is 0.122 e. The van der Waals surface area contributed by atoms with Crippen LogP contribution in [0.3, 0.4) is 0 Å². The Bertz CT molecular complexity index is 394. The van der Waals surface area contributed by atoms with E-state index in [0.717, 1.165) is 35.6 Å². The van der Waals surface area contributed by atoms with Crippen LogP contribution >= 0.6 is 11.6 Å². The SMILES string of the molecule is CNCC1CCCC1Cc1cc(Cl)ccc1OC. The van der Waals surface area contributed by atoms with Crippen molar-refractivity contribution in [3.8, 4) is 5.75 Å². The van der Waals surface area contributed by atoms with Crippen LogP contribution in [0.5, 0.6) is 5.75 Å². The largest absolute Gasteiger partial charge is 0.496 e. The summed E-state index contributed by atoms with van der Waals surface area (Å²) in [6, 6.07) is 5.92. The Labute approximate surface area is 115 Å². The molecule has 1 aromatic carbocycles. The van der Waals surface area contributed by atoms with Crippen LogP contribution in [0.4, 0.5) is 0 Å². The van der Waals surface area contributed by atoms with Crippen LogP contribution in [0.2, 0.25) is 5.02 Å². The van der Waals surface area contributed by atoms with Gasteiger partial charge in [-0.1, -0.05) is 18.0 Å². The summed E-state index contributed by atoms with van der Waals surface area (Å²) >= 11 is 6.09. The van der Waals surface area contributed by atoms with Crippen molar-refractivity contribution in [3.63, 3.8) is 0 Å². The highest BCUT2D eigenvalue weighted by atomic mass is 35.5. The molecule has 0 aliphatic heterocycles. The standard InChI is InChI=1S/C15H22ClNO/c1-17-10-12-5-3-4-11(12)8-13-9-14(16)6-7-15(13)18-2/h6-7,9,11-12,17H,3-5,8,10H2,1-2H3. The Morgan fingerprint density at radius 2 is 2.11 bits per heavy atom. The highest BCUT2D eigenvalue weighted by Crippen LogP contribution is 2.36. The number of methoxy groups -OCH3 is 1. The first-order valence-corrected chi connectivity index (χ1v) is 7.09. The van der Waals surface area contributed by atoms with Crippen LogP contribution in [0.1, 0.15) is 24.8 Å². The predicted molar refractivity (Wildman–Crippen MR) is 76.5 cm³/mol. The van der Waals surface area contributed by atoms with E-state index in [2.05, 4.69) is 11.4 Å². The summed E-state index contributed by atoms with van der Waals surface area (Å²) in [5.74, 6) is 2.51. The first kappa shape index (κ1) is 13.7. The van der Waals surface area contributed by atoms with E-state index in [9.17, 15) is 0 Å².